The van der Waals surface area contributed by atoms with Gasteiger partial charge in [0.1, 0.15) is 28.5 Å². The molecule has 0 unspecified atom stereocenters. The molecule has 1 amide bonds. The quantitative estimate of drug-likeness (QED) is 0.461. The molecule has 0 atom stereocenters. The molecule has 180 valence electrons. The second-order valence-electron chi connectivity index (χ2n) is 8.65. The lowest BCUT2D eigenvalue weighted by Gasteiger charge is -2.40. The number of phenols is 1. The predicted molar refractivity (Wildman–Crippen MR) is 123 cm³/mol. The van der Waals surface area contributed by atoms with E-state index < -0.39 is 32.3 Å². The highest BCUT2D eigenvalue weighted by Crippen LogP contribution is 2.45. The maximum atomic E-state index is 13.2. The van der Waals surface area contributed by atoms with Gasteiger partial charge in [0.25, 0.3) is 5.91 Å². The number of benzene rings is 1. The first-order valence-electron chi connectivity index (χ1n) is 10.6. The summed E-state index contributed by atoms with van der Waals surface area (Å²) in [6.45, 7) is 3.18. The highest BCUT2D eigenvalue weighted by Gasteiger charge is 2.41. The summed E-state index contributed by atoms with van der Waals surface area (Å²) in [5.41, 5.74) is 1.32. The van der Waals surface area contributed by atoms with Gasteiger partial charge in [-0.3, -0.25) is 4.79 Å². The summed E-state index contributed by atoms with van der Waals surface area (Å²) in [4.78, 5) is 13.0. The number of amides is 1. The summed E-state index contributed by atoms with van der Waals surface area (Å²) in [6.07, 6.45) is 0. The van der Waals surface area contributed by atoms with Gasteiger partial charge in [0, 0.05) is 22.6 Å². The number of phenolic OH excluding ortho intramolecular Hbond substituents is 1. The van der Waals surface area contributed by atoms with Crippen LogP contribution >= 0.6 is 11.3 Å². The van der Waals surface area contributed by atoms with Crippen LogP contribution in [-0.2, 0) is 21.2 Å². The van der Waals surface area contributed by atoms with Gasteiger partial charge in [-0.2, -0.15) is 16.4 Å². The number of hydrogen-bond donors (Lipinski definition) is 3. The van der Waals surface area contributed by atoms with Crippen molar-refractivity contribution in [3.8, 4) is 28.4 Å². The van der Waals surface area contributed by atoms with Gasteiger partial charge in [-0.15, -0.1) is 0 Å². The minimum Gasteiger partial charge on any atom is -0.506 e. The number of aromatic nitrogens is 2. The summed E-state index contributed by atoms with van der Waals surface area (Å²) < 4.78 is 38.3. The first-order chi connectivity index (χ1) is 16.2. The second-order valence-corrected chi connectivity index (χ2v) is 11.9. The van der Waals surface area contributed by atoms with Gasteiger partial charge >= 0.3 is 0 Å². The molecule has 1 fully saturated rings. The summed E-state index contributed by atoms with van der Waals surface area (Å²) in [6, 6.07) is 4.49. The van der Waals surface area contributed by atoms with Crippen LogP contribution in [0.5, 0.6) is 11.5 Å². The number of nitrogens with zero attached hydrogens (tertiary/aromatic N) is 2. The Hall–Kier alpha value is -2.93. The fourth-order valence-electron chi connectivity index (χ4n) is 3.95. The monoisotopic (exact) mass is 505 g/mol. The summed E-state index contributed by atoms with van der Waals surface area (Å²) in [5, 5.41) is 30.5. The number of nitrogens with one attached hydrogen (secondary N) is 1. The molecule has 0 aliphatic carbocycles. The maximum Gasteiger partial charge on any atom is 0.272 e. The number of hydrogen-bond acceptors (Lipinski definition) is 9. The van der Waals surface area contributed by atoms with Crippen molar-refractivity contribution in [3.63, 3.8) is 0 Å². The standard InChI is InChI=1S/C22H23N3O7S2/c1-12(2)34(29,30)18-5-14-17(6-16(18)27)32-7-15-19(21(28)23-22(9-26)10-31-11-22)24-25(20(14)15)13-3-4-33-8-13/h3-6,8,12,26-27H,7,9-11H2,1-2H3,(H,23,28). The van der Waals surface area contributed by atoms with E-state index in [0.717, 1.165) is 0 Å². The first-order valence-corrected chi connectivity index (χ1v) is 13.1. The molecule has 34 heavy (non-hydrogen) atoms. The number of carbonyl (C=O) groups is 1. The minimum atomic E-state index is -3.80. The number of aliphatic hydroxyl groups excluding tert-OH is 1. The van der Waals surface area contributed by atoms with E-state index in [9.17, 15) is 23.4 Å². The largest absolute Gasteiger partial charge is 0.506 e. The van der Waals surface area contributed by atoms with E-state index in [1.807, 2.05) is 16.8 Å². The molecule has 1 saturated heterocycles. The zero-order valence-corrected chi connectivity index (χ0v) is 20.1. The van der Waals surface area contributed by atoms with E-state index in [-0.39, 0.29) is 42.8 Å². The van der Waals surface area contributed by atoms with Crippen molar-refractivity contribution in [1.82, 2.24) is 15.1 Å². The zero-order valence-electron chi connectivity index (χ0n) is 18.4. The molecule has 2 aliphatic rings. The van der Waals surface area contributed by atoms with E-state index in [0.29, 0.717) is 22.5 Å². The Morgan fingerprint density at radius 2 is 2.12 bits per heavy atom. The molecule has 0 saturated carbocycles. The van der Waals surface area contributed by atoms with Crippen molar-refractivity contribution in [2.24, 2.45) is 0 Å². The molecule has 12 heteroatoms. The molecule has 10 nitrogen and oxygen atoms in total. The van der Waals surface area contributed by atoms with Crippen molar-refractivity contribution in [1.29, 1.82) is 0 Å². The third-order valence-corrected chi connectivity index (χ3v) is 8.85. The van der Waals surface area contributed by atoms with Gasteiger partial charge in [-0.1, -0.05) is 0 Å². The third-order valence-electron chi connectivity index (χ3n) is 6.00. The summed E-state index contributed by atoms with van der Waals surface area (Å²) in [7, 11) is -3.80. The number of aliphatic hydroxyl groups is 1. The number of aromatic hydroxyl groups is 1. The number of thiophene rings is 1. The Kier molecular flexibility index (Phi) is 5.43. The Bertz CT molecular complexity index is 1370. The molecule has 0 bridgehead atoms. The number of ether oxygens (including phenoxy) is 2. The molecular weight excluding hydrogens is 482 g/mol. The van der Waals surface area contributed by atoms with E-state index >= 15 is 0 Å². The fraction of sp³-hybridized carbons (Fsp3) is 0.364. The predicted octanol–water partition coefficient (Wildman–Crippen LogP) is 1.87. The van der Waals surface area contributed by atoms with Crippen LogP contribution in [0.3, 0.4) is 0 Å². The molecular formula is C22H23N3O7S2. The van der Waals surface area contributed by atoms with Crippen molar-refractivity contribution >= 4 is 27.1 Å². The topological polar surface area (TPSA) is 140 Å². The zero-order chi connectivity index (χ0) is 24.3. The van der Waals surface area contributed by atoms with Crippen LogP contribution in [0, 0.1) is 0 Å². The number of fused-ring (bicyclic) bond motifs is 3. The van der Waals surface area contributed by atoms with E-state index in [1.165, 1.54) is 37.3 Å². The normalized spacial score (nSPS) is 16.4. The van der Waals surface area contributed by atoms with Crippen molar-refractivity contribution in [2.75, 3.05) is 19.8 Å². The van der Waals surface area contributed by atoms with Crippen molar-refractivity contribution < 1.29 is 32.9 Å². The number of carbonyl (C=O) groups excluding carboxylic acids is 1. The maximum absolute atomic E-state index is 13.2. The lowest BCUT2D eigenvalue weighted by Crippen LogP contribution is -2.64. The van der Waals surface area contributed by atoms with E-state index in [4.69, 9.17) is 9.47 Å². The van der Waals surface area contributed by atoms with Gasteiger partial charge in [-0.25, -0.2) is 13.1 Å². The van der Waals surface area contributed by atoms with Gasteiger partial charge in [0.15, 0.2) is 15.5 Å². The van der Waals surface area contributed by atoms with Gasteiger partial charge < -0.3 is 25.0 Å². The van der Waals surface area contributed by atoms with Gasteiger partial charge in [0.2, 0.25) is 0 Å². The fourth-order valence-corrected chi connectivity index (χ4v) is 5.70. The summed E-state index contributed by atoms with van der Waals surface area (Å²) >= 11 is 1.45. The lowest BCUT2D eigenvalue weighted by molar-refractivity contribution is -0.0920. The molecule has 5 rings (SSSR count). The Morgan fingerprint density at radius 1 is 1.35 bits per heavy atom. The van der Waals surface area contributed by atoms with Crippen LogP contribution < -0.4 is 10.1 Å². The Labute approximate surface area is 199 Å². The summed E-state index contributed by atoms with van der Waals surface area (Å²) in [5.74, 6) is -0.607. The van der Waals surface area contributed by atoms with Crippen LogP contribution in [0.4, 0.5) is 0 Å². The van der Waals surface area contributed by atoms with E-state index in [1.54, 1.807) is 4.68 Å². The molecule has 4 heterocycles. The van der Waals surface area contributed by atoms with Crippen LogP contribution in [-0.4, -0.2) is 64.9 Å². The molecule has 0 spiro atoms. The molecule has 3 aromatic rings. The first kappa shape index (κ1) is 22.8. The SMILES string of the molecule is CC(C)S(=O)(=O)c1cc2c(cc1O)OCc1c(C(=O)NC3(CO)COC3)nn(-c3ccsc3)c1-2. The molecule has 2 aromatic heterocycles. The Morgan fingerprint density at radius 3 is 2.71 bits per heavy atom. The highest BCUT2D eigenvalue weighted by atomic mass is 32.2. The van der Waals surface area contributed by atoms with E-state index in [2.05, 4.69) is 10.4 Å². The second kappa shape index (κ2) is 8.08. The van der Waals surface area contributed by atoms with Crippen LogP contribution in [0.1, 0.15) is 29.9 Å². The highest BCUT2D eigenvalue weighted by molar-refractivity contribution is 7.92. The van der Waals surface area contributed by atoms with Crippen LogP contribution in [0.2, 0.25) is 0 Å². The Balaban J connectivity index is 1.69. The smallest absolute Gasteiger partial charge is 0.272 e. The molecule has 3 N–H and O–H groups in total. The average Bonchev–Trinajstić information content (AvgIpc) is 3.43. The van der Waals surface area contributed by atoms with Crippen LogP contribution in [0.25, 0.3) is 16.9 Å². The molecule has 2 aliphatic heterocycles. The van der Waals surface area contributed by atoms with Crippen LogP contribution in [0.15, 0.2) is 33.9 Å². The van der Waals surface area contributed by atoms with Crippen molar-refractivity contribution in [2.45, 2.75) is 36.1 Å². The average molecular weight is 506 g/mol. The lowest BCUT2D eigenvalue weighted by atomic mass is 9.97. The van der Waals surface area contributed by atoms with Gasteiger partial charge in [-0.05, 0) is 31.4 Å². The van der Waals surface area contributed by atoms with Gasteiger partial charge in [0.05, 0.1) is 36.5 Å². The minimum absolute atomic E-state index is 0.00638. The number of rotatable bonds is 6. The number of sulfone groups is 1. The molecule has 0 radical (unpaired) electrons. The van der Waals surface area contributed by atoms with Crippen molar-refractivity contribution in [3.05, 3.63) is 40.2 Å². The third kappa shape index (κ3) is 3.49. The molecule has 1 aromatic carbocycles.